The van der Waals surface area contributed by atoms with Crippen LogP contribution in [-0.2, 0) is 5.41 Å². The van der Waals surface area contributed by atoms with E-state index in [1.165, 1.54) is 68.6 Å². The molecule has 2 N–H and O–H groups in total. The standard InChI is InChI=1S/C35H34N4O4/c1-38(28-6-4-27(5-7-28)35-17-22-14-23(18-35)16-24(15-22)19-35)29-8-10-30(11-9-29)39(31-12-2-25(20-36-31)33(40)41)32-13-3-26(21-37-32)34(42)43/h2-13,20-24H,14-19H2,1H3,(H,40,41)(H,42,43). The van der Waals surface area contributed by atoms with Crippen LogP contribution < -0.4 is 9.80 Å². The van der Waals surface area contributed by atoms with Crippen molar-refractivity contribution in [3.05, 3.63) is 102 Å². The third-order valence-electron chi connectivity index (χ3n) is 9.85. The van der Waals surface area contributed by atoms with Crippen molar-refractivity contribution in [2.24, 2.45) is 17.8 Å². The van der Waals surface area contributed by atoms with Crippen molar-refractivity contribution >= 4 is 40.6 Å². The third-order valence-corrected chi connectivity index (χ3v) is 9.85. The molecule has 218 valence electrons. The molecule has 8 heteroatoms. The van der Waals surface area contributed by atoms with E-state index in [-0.39, 0.29) is 11.1 Å². The average molecular weight is 575 g/mol. The van der Waals surface area contributed by atoms with E-state index in [4.69, 9.17) is 0 Å². The molecule has 4 bridgehead atoms. The van der Waals surface area contributed by atoms with Crippen molar-refractivity contribution in [3.63, 3.8) is 0 Å². The average Bonchev–Trinajstić information content (AvgIpc) is 3.01. The topological polar surface area (TPSA) is 107 Å². The summed E-state index contributed by atoms with van der Waals surface area (Å²) in [5.74, 6) is 1.55. The van der Waals surface area contributed by atoms with Crippen LogP contribution in [0.15, 0.2) is 85.2 Å². The first-order valence-electron chi connectivity index (χ1n) is 14.9. The maximum absolute atomic E-state index is 11.4. The molecule has 8 nitrogen and oxygen atoms in total. The largest absolute Gasteiger partial charge is 0.478 e. The molecular formula is C35H34N4O4. The molecule has 0 aliphatic heterocycles. The van der Waals surface area contributed by atoms with Gasteiger partial charge in [-0.25, -0.2) is 19.6 Å². The van der Waals surface area contributed by atoms with Gasteiger partial charge in [-0.15, -0.1) is 0 Å². The van der Waals surface area contributed by atoms with E-state index in [0.29, 0.717) is 17.1 Å². The second-order valence-electron chi connectivity index (χ2n) is 12.6. The Kier molecular flexibility index (Phi) is 6.64. The Morgan fingerprint density at radius 2 is 1.07 bits per heavy atom. The maximum atomic E-state index is 11.4. The Balaban J connectivity index is 1.14. The van der Waals surface area contributed by atoms with Crippen molar-refractivity contribution in [2.45, 2.75) is 43.9 Å². The normalized spacial score (nSPS) is 23.6. The molecule has 0 saturated heterocycles. The monoisotopic (exact) mass is 574 g/mol. The van der Waals surface area contributed by atoms with E-state index in [0.717, 1.165) is 34.8 Å². The van der Waals surface area contributed by atoms with E-state index < -0.39 is 11.9 Å². The fourth-order valence-corrected chi connectivity index (χ4v) is 8.15. The fourth-order valence-electron chi connectivity index (χ4n) is 8.15. The van der Waals surface area contributed by atoms with Gasteiger partial charge < -0.3 is 15.1 Å². The van der Waals surface area contributed by atoms with Crippen LogP contribution in [0.5, 0.6) is 0 Å². The van der Waals surface area contributed by atoms with Crippen LogP contribution in [0.3, 0.4) is 0 Å². The number of hydrogen-bond acceptors (Lipinski definition) is 6. The Morgan fingerprint density at radius 1 is 0.651 bits per heavy atom. The van der Waals surface area contributed by atoms with Gasteiger partial charge in [-0.2, -0.15) is 0 Å². The highest BCUT2D eigenvalue weighted by atomic mass is 16.4. The molecule has 4 aliphatic carbocycles. The minimum Gasteiger partial charge on any atom is -0.478 e. The highest BCUT2D eigenvalue weighted by Gasteiger charge is 2.51. The molecule has 0 radical (unpaired) electrons. The number of pyridine rings is 2. The van der Waals surface area contributed by atoms with Crippen LogP contribution in [0.1, 0.15) is 64.8 Å². The van der Waals surface area contributed by atoms with Crippen molar-refractivity contribution in [2.75, 3.05) is 16.8 Å². The fraction of sp³-hybridized carbons (Fsp3) is 0.314. The second kappa shape index (κ2) is 10.5. The van der Waals surface area contributed by atoms with Crippen LogP contribution in [0.25, 0.3) is 0 Å². The van der Waals surface area contributed by atoms with Gasteiger partial charge in [0.05, 0.1) is 11.1 Å². The summed E-state index contributed by atoms with van der Waals surface area (Å²) in [4.78, 5) is 35.4. The number of carbonyl (C=O) groups is 2. The van der Waals surface area contributed by atoms with Crippen molar-refractivity contribution in [3.8, 4) is 0 Å². The summed E-state index contributed by atoms with van der Waals surface area (Å²) in [6.07, 6.45) is 11.0. The lowest BCUT2D eigenvalue weighted by Crippen LogP contribution is -2.48. The third kappa shape index (κ3) is 5.01. The van der Waals surface area contributed by atoms with Gasteiger partial charge in [0.25, 0.3) is 0 Å². The van der Waals surface area contributed by atoms with Gasteiger partial charge in [0.1, 0.15) is 11.6 Å². The van der Waals surface area contributed by atoms with E-state index in [9.17, 15) is 19.8 Å². The molecule has 8 rings (SSSR count). The van der Waals surface area contributed by atoms with E-state index >= 15 is 0 Å². The quantitative estimate of drug-likeness (QED) is 0.222. The Hall–Kier alpha value is -4.72. The summed E-state index contributed by atoms with van der Waals surface area (Å²) in [6.45, 7) is 0. The number of anilines is 5. The lowest BCUT2D eigenvalue weighted by molar-refractivity contribution is -0.00518. The van der Waals surface area contributed by atoms with Crippen LogP contribution in [-0.4, -0.2) is 39.2 Å². The molecule has 0 amide bonds. The van der Waals surface area contributed by atoms with Gasteiger partial charge in [-0.05, 0) is 128 Å². The molecule has 4 fully saturated rings. The number of rotatable bonds is 8. The molecule has 2 aromatic carbocycles. The summed E-state index contributed by atoms with van der Waals surface area (Å²) >= 11 is 0. The van der Waals surface area contributed by atoms with Gasteiger partial charge in [0.2, 0.25) is 0 Å². The molecule has 0 atom stereocenters. The predicted molar refractivity (Wildman–Crippen MR) is 165 cm³/mol. The molecule has 4 saturated carbocycles. The van der Waals surface area contributed by atoms with Gasteiger partial charge in [0.15, 0.2) is 0 Å². The zero-order valence-corrected chi connectivity index (χ0v) is 24.1. The van der Waals surface area contributed by atoms with Crippen molar-refractivity contribution < 1.29 is 19.8 Å². The molecule has 0 spiro atoms. The number of nitrogens with zero attached hydrogens (tertiary/aromatic N) is 4. The van der Waals surface area contributed by atoms with Gasteiger partial charge in [-0.1, -0.05) is 12.1 Å². The first-order valence-corrected chi connectivity index (χ1v) is 14.9. The number of aromatic carboxylic acids is 2. The van der Waals surface area contributed by atoms with Crippen molar-refractivity contribution in [1.29, 1.82) is 0 Å². The Morgan fingerprint density at radius 3 is 1.47 bits per heavy atom. The highest BCUT2D eigenvalue weighted by Crippen LogP contribution is 2.60. The Bertz CT molecular complexity index is 1560. The zero-order valence-electron chi connectivity index (χ0n) is 24.1. The number of benzene rings is 2. The second-order valence-corrected chi connectivity index (χ2v) is 12.6. The minimum absolute atomic E-state index is 0.0732. The molecule has 4 aromatic rings. The summed E-state index contributed by atoms with van der Waals surface area (Å²) in [7, 11) is 2.06. The maximum Gasteiger partial charge on any atom is 0.337 e. The van der Waals surface area contributed by atoms with Gasteiger partial charge >= 0.3 is 11.9 Å². The molecule has 4 aliphatic rings. The molecule has 2 aromatic heterocycles. The summed E-state index contributed by atoms with van der Waals surface area (Å²) in [6, 6.07) is 23.3. The van der Waals surface area contributed by atoms with E-state index in [2.05, 4.69) is 46.2 Å². The predicted octanol–water partition coefficient (Wildman–Crippen LogP) is 7.58. The number of hydrogen-bond donors (Lipinski definition) is 2. The Labute approximate surface area is 250 Å². The lowest BCUT2D eigenvalue weighted by atomic mass is 9.48. The number of carboxylic acids is 2. The van der Waals surface area contributed by atoms with Crippen LogP contribution >= 0.6 is 0 Å². The minimum atomic E-state index is -1.06. The SMILES string of the molecule is CN(c1ccc(N(c2ccc(C(=O)O)cn2)c2ccc(C(=O)O)cn2)cc1)c1ccc(C23CC4CC(CC(C4)C2)C3)cc1. The van der Waals surface area contributed by atoms with Gasteiger partial charge in [-0.3, -0.25) is 4.90 Å². The molecule has 2 heterocycles. The number of carboxylic acid groups (broad SMARTS) is 2. The van der Waals surface area contributed by atoms with Crippen LogP contribution in [0, 0.1) is 17.8 Å². The van der Waals surface area contributed by atoms with E-state index in [1.54, 1.807) is 17.0 Å². The lowest BCUT2D eigenvalue weighted by Gasteiger charge is -2.57. The molecule has 0 unspecified atom stereocenters. The molecular weight excluding hydrogens is 540 g/mol. The van der Waals surface area contributed by atoms with E-state index in [1.807, 2.05) is 24.3 Å². The highest BCUT2D eigenvalue weighted by molar-refractivity contribution is 5.88. The van der Waals surface area contributed by atoms with Crippen LogP contribution in [0.2, 0.25) is 0 Å². The smallest absolute Gasteiger partial charge is 0.337 e. The zero-order chi connectivity index (χ0) is 29.7. The molecule has 43 heavy (non-hydrogen) atoms. The first-order chi connectivity index (χ1) is 20.8. The van der Waals surface area contributed by atoms with Crippen molar-refractivity contribution in [1.82, 2.24) is 9.97 Å². The summed E-state index contributed by atoms with van der Waals surface area (Å²) < 4.78 is 0. The number of aromatic nitrogens is 2. The summed E-state index contributed by atoms with van der Waals surface area (Å²) in [5, 5.41) is 18.6. The summed E-state index contributed by atoms with van der Waals surface area (Å²) in [5.41, 5.74) is 4.92. The first kappa shape index (κ1) is 27.1. The van der Waals surface area contributed by atoms with Crippen LogP contribution in [0.4, 0.5) is 28.7 Å². The van der Waals surface area contributed by atoms with Gasteiger partial charge in [0, 0.05) is 36.5 Å².